The van der Waals surface area contributed by atoms with Crippen molar-refractivity contribution in [3.8, 4) is 5.69 Å². The smallest absolute Gasteiger partial charge is 0.335 e. The molecule has 0 saturated heterocycles. The van der Waals surface area contributed by atoms with Crippen LogP contribution in [0.4, 0.5) is 0 Å². The first-order chi connectivity index (χ1) is 10.5. The number of rotatable bonds is 2. The van der Waals surface area contributed by atoms with Crippen LogP contribution in [0.3, 0.4) is 0 Å². The maximum Gasteiger partial charge on any atom is 0.335 e. The van der Waals surface area contributed by atoms with Gasteiger partial charge in [-0.2, -0.15) is 0 Å². The Bertz CT molecular complexity index is 946. The van der Waals surface area contributed by atoms with Crippen LogP contribution in [0, 0.1) is 6.92 Å². The molecule has 22 heavy (non-hydrogen) atoms. The summed E-state index contributed by atoms with van der Waals surface area (Å²) in [6.07, 6.45) is 0. The highest BCUT2D eigenvalue weighted by Crippen LogP contribution is 2.17. The second kappa shape index (κ2) is 5.27. The lowest BCUT2D eigenvalue weighted by Gasteiger charge is -2.11. The highest BCUT2D eigenvalue weighted by atomic mass is 35.5. The molecule has 0 aliphatic rings. The molecule has 0 spiro atoms. The van der Waals surface area contributed by atoms with E-state index in [0.717, 1.165) is 0 Å². The molecule has 1 aromatic heterocycles. The van der Waals surface area contributed by atoms with Gasteiger partial charge in [0.15, 0.2) is 0 Å². The predicted molar refractivity (Wildman–Crippen MR) is 84.0 cm³/mol. The molecule has 2 aromatic carbocycles. The molecule has 0 amide bonds. The third-order valence-corrected chi connectivity index (χ3v) is 3.61. The SMILES string of the molecule is Cc1nc2cc(Cl)ccc2c(=O)n1-c1ccc(C(=O)O)cc1. The van der Waals surface area contributed by atoms with Crippen LogP contribution in [0.1, 0.15) is 16.2 Å². The van der Waals surface area contributed by atoms with E-state index < -0.39 is 5.97 Å². The second-order valence-corrected chi connectivity index (χ2v) is 5.25. The van der Waals surface area contributed by atoms with Gasteiger partial charge in [0.25, 0.3) is 5.56 Å². The number of hydrogen-bond acceptors (Lipinski definition) is 3. The maximum absolute atomic E-state index is 12.6. The van der Waals surface area contributed by atoms with Crippen LogP contribution in [0.15, 0.2) is 47.3 Å². The van der Waals surface area contributed by atoms with Gasteiger partial charge in [0.05, 0.1) is 22.2 Å². The lowest BCUT2D eigenvalue weighted by molar-refractivity contribution is 0.0697. The van der Waals surface area contributed by atoms with Crippen molar-refractivity contribution in [1.29, 1.82) is 0 Å². The molecule has 110 valence electrons. The Morgan fingerprint density at radius 2 is 1.86 bits per heavy atom. The number of fused-ring (bicyclic) bond motifs is 1. The summed E-state index contributed by atoms with van der Waals surface area (Å²) in [5, 5.41) is 9.90. The number of benzene rings is 2. The number of carboxylic acid groups (broad SMARTS) is 1. The molecular weight excluding hydrogens is 304 g/mol. The van der Waals surface area contributed by atoms with Gasteiger partial charge in [0, 0.05) is 5.02 Å². The van der Waals surface area contributed by atoms with Crippen molar-refractivity contribution >= 4 is 28.5 Å². The summed E-state index contributed by atoms with van der Waals surface area (Å²) in [6, 6.07) is 11.0. The summed E-state index contributed by atoms with van der Waals surface area (Å²) in [5.41, 5.74) is 1.04. The third kappa shape index (κ3) is 2.35. The normalized spacial score (nSPS) is 10.8. The zero-order valence-electron chi connectivity index (χ0n) is 11.6. The second-order valence-electron chi connectivity index (χ2n) is 4.81. The first-order valence-electron chi connectivity index (χ1n) is 6.50. The number of carboxylic acids is 1. The molecule has 0 atom stereocenters. The Balaban J connectivity index is 2.24. The molecule has 0 saturated carbocycles. The topological polar surface area (TPSA) is 72.2 Å². The van der Waals surface area contributed by atoms with E-state index in [1.807, 2.05) is 0 Å². The van der Waals surface area contributed by atoms with Crippen molar-refractivity contribution < 1.29 is 9.90 Å². The monoisotopic (exact) mass is 314 g/mol. The Morgan fingerprint density at radius 1 is 1.18 bits per heavy atom. The van der Waals surface area contributed by atoms with Crippen molar-refractivity contribution in [2.75, 3.05) is 0 Å². The first-order valence-corrected chi connectivity index (χ1v) is 6.88. The molecule has 1 N–H and O–H groups in total. The molecule has 0 fully saturated rings. The van der Waals surface area contributed by atoms with E-state index in [2.05, 4.69) is 4.98 Å². The predicted octanol–water partition coefficient (Wildman–Crippen LogP) is 3.05. The van der Waals surface area contributed by atoms with Crippen molar-refractivity contribution in [2.45, 2.75) is 6.92 Å². The van der Waals surface area contributed by atoms with Crippen molar-refractivity contribution in [2.24, 2.45) is 0 Å². The van der Waals surface area contributed by atoms with Crippen molar-refractivity contribution in [1.82, 2.24) is 9.55 Å². The fraction of sp³-hybridized carbons (Fsp3) is 0.0625. The third-order valence-electron chi connectivity index (χ3n) is 3.37. The molecule has 1 heterocycles. The first kappa shape index (κ1) is 14.3. The fourth-order valence-corrected chi connectivity index (χ4v) is 2.49. The van der Waals surface area contributed by atoms with Crippen LogP contribution in [0.2, 0.25) is 5.02 Å². The lowest BCUT2D eigenvalue weighted by atomic mass is 10.2. The quantitative estimate of drug-likeness (QED) is 0.789. The minimum absolute atomic E-state index is 0.162. The number of aromatic carboxylic acids is 1. The summed E-state index contributed by atoms with van der Waals surface area (Å²) in [7, 11) is 0. The summed E-state index contributed by atoms with van der Waals surface area (Å²) in [6.45, 7) is 1.72. The van der Waals surface area contributed by atoms with Gasteiger partial charge in [-0.1, -0.05) is 11.6 Å². The molecule has 0 bridgehead atoms. The number of hydrogen-bond donors (Lipinski definition) is 1. The fourth-order valence-electron chi connectivity index (χ4n) is 2.33. The Labute approximate surface area is 130 Å². The Kier molecular flexibility index (Phi) is 3.42. The van der Waals surface area contributed by atoms with Gasteiger partial charge in [0.2, 0.25) is 0 Å². The number of aryl methyl sites for hydroxylation is 1. The Hall–Kier alpha value is -2.66. The van der Waals surface area contributed by atoms with Crippen molar-refractivity contribution in [3.05, 3.63) is 69.2 Å². The van der Waals surface area contributed by atoms with Gasteiger partial charge >= 0.3 is 5.97 Å². The van der Waals surface area contributed by atoms with Crippen LogP contribution >= 0.6 is 11.6 Å². The zero-order valence-corrected chi connectivity index (χ0v) is 12.3. The molecule has 3 rings (SSSR count). The molecule has 0 radical (unpaired) electrons. The van der Waals surface area contributed by atoms with Gasteiger partial charge in [0.1, 0.15) is 5.82 Å². The van der Waals surface area contributed by atoms with Crippen LogP contribution in [-0.4, -0.2) is 20.6 Å². The van der Waals surface area contributed by atoms with E-state index in [1.165, 1.54) is 16.7 Å². The lowest BCUT2D eigenvalue weighted by Crippen LogP contribution is -2.22. The Morgan fingerprint density at radius 3 is 2.50 bits per heavy atom. The number of aromatic nitrogens is 2. The minimum atomic E-state index is -1.01. The highest BCUT2D eigenvalue weighted by molar-refractivity contribution is 6.31. The van der Waals surface area contributed by atoms with E-state index in [4.69, 9.17) is 16.7 Å². The van der Waals surface area contributed by atoms with E-state index in [9.17, 15) is 9.59 Å². The molecule has 6 heteroatoms. The molecular formula is C16H11ClN2O3. The maximum atomic E-state index is 12.6. The van der Waals surface area contributed by atoms with Crippen LogP contribution < -0.4 is 5.56 Å². The van der Waals surface area contributed by atoms with E-state index in [0.29, 0.717) is 27.4 Å². The standard InChI is InChI=1S/C16H11ClN2O3/c1-9-18-14-8-11(17)4-7-13(14)15(20)19(9)12-5-2-10(3-6-12)16(21)22/h2-8H,1H3,(H,21,22). The summed E-state index contributed by atoms with van der Waals surface area (Å²) in [4.78, 5) is 27.9. The van der Waals surface area contributed by atoms with Gasteiger partial charge in [-0.05, 0) is 49.4 Å². The average molecular weight is 315 g/mol. The number of carbonyl (C=O) groups is 1. The summed E-state index contributed by atoms with van der Waals surface area (Å²) in [5.74, 6) is -0.510. The van der Waals surface area contributed by atoms with Gasteiger partial charge in [-0.3, -0.25) is 9.36 Å². The van der Waals surface area contributed by atoms with E-state index >= 15 is 0 Å². The number of halogens is 1. The molecule has 0 aliphatic carbocycles. The van der Waals surface area contributed by atoms with E-state index in [-0.39, 0.29) is 11.1 Å². The molecule has 3 aromatic rings. The minimum Gasteiger partial charge on any atom is -0.478 e. The molecule has 0 unspecified atom stereocenters. The van der Waals surface area contributed by atoms with Crippen LogP contribution in [-0.2, 0) is 0 Å². The van der Waals surface area contributed by atoms with E-state index in [1.54, 1.807) is 37.3 Å². The van der Waals surface area contributed by atoms with Crippen LogP contribution in [0.25, 0.3) is 16.6 Å². The molecule has 0 aliphatic heterocycles. The summed E-state index contributed by atoms with van der Waals surface area (Å²) < 4.78 is 1.45. The van der Waals surface area contributed by atoms with Crippen LogP contribution in [0.5, 0.6) is 0 Å². The zero-order chi connectivity index (χ0) is 15.9. The summed E-state index contributed by atoms with van der Waals surface area (Å²) >= 11 is 5.92. The highest BCUT2D eigenvalue weighted by Gasteiger charge is 2.11. The number of nitrogens with zero attached hydrogens (tertiary/aromatic N) is 2. The van der Waals surface area contributed by atoms with Crippen molar-refractivity contribution in [3.63, 3.8) is 0 Å². The van der Waals surface area contributed by atoms with Gasteiger partial charge in [-0.25, -0.2) is 9.78 Å². The largest absolute Gasteiger partial charge is 0.478 e. The van der Waals surface area contributed by atoms with Gasteiger partial charge < -0.3 is 5.11 Å². The van der Waals surface area contributed by atoms with Gasteiger partial charge in [-0.15, -0.1) is 0 Å². The average Bonchev–Trinajstić information content (AvgIpc) is 2.47. The molecule has 5 nitrogen and oxygen atoms in total.